The third-order valence-electron chi connectivity index (χ3n) is 3.93. The van der Waals surface area contributed by atoms with Crippen molar-refractivity contribution in [2.24, 2.45) is 0 Å². The van der Waals surface area contributed by atoms with Crippen molar-refractivity contribution in [3.8, 4) is 17.2 Å². The van der Waals surface area contributed by atoms with Gasteiger partial charge in [-0.1, -0.05) is 0 Å². The average molecular weight is 342 g/mol. The summed E-state index contributed by atoms with van der Waals surface area (Å²) in [5, 5.41) is 7.86. The lowest BCUT2D eigenvalue weighted by atomic mass is 10.1. The zero-order valence-corrected chi connectivity index (χ0v) is 15.2. The fourth-order valence-electron chi connectivity index (χ4n) is 2.65. The molecule has 0 aliphatic heterocycles. The molecule has 0 amide bonds. The Morgan fingerprint density at radius 2 is 1.88 bits per heavy atom. The highest BCUT2D eigenvalue weighted by Crippen LogP contribution is 2.27. The van der Waals surface area contributed by atoms with Crippen molar-refractivity contribution in [1.29, 1.82) is 0 Å². The van der Waals surface area contributed by atoms with Crippen LogP contribution in [-0.4, -0.2) is 34.2 Å². The molecule has 0 saturated carbocycles. The maximum absolute atomic E-state index is 5.85. The van der Waals surface area contributed by atoms with E-state index in [1.807, 2.05) is 39.1 Å². The van der Waals surface area contributed by atoms with Gasteiger partial charge in [0.25, 0.3) is 0 Å². The van der Waals surface area contributed by atoms with Gasteiger partial charge >= 0.3 is 0 Å². The second kappa shape index (κ2) is 7.06. The SMILES string of the molecule is COc1ccc(-c2nc(CN(C)Cc3nnc(C)o3)c(C)o2)cc1C. The highest BCUT2D eigenvalue weighted by atomic mass is 16.5. The van der Waals surface area contributed by atoms with Gasteiger partial charge in [-0.05, 0) is 44.7 Å². The highest BCUT2D eigenvalue weighted by Gasteiger charge is 2.15. The number of benzene rings is 1. The summed E-state index contributed by atoms with van der Waals surface area (Å²) < 4.78 is 16.6. The van der Waals surface area contributed by atoms with Crippen LogP contribution in [0.3, 0.4) is 0 Å². The summed E-state index contributed by atoms with van der Waals surface area (Å²) in [6.45, 7) is 6.89. The van der Waals surface area contributed by atoms with Crippen molar-refractivity contribution in [1.82, 2.24) is 20.1 Å². The molecule has 7 heteroatoms. The van der Waals surface area contributed by atoms with Crippen LogP contribution in [0.15, 0.2) is 27.0 Å². The molecule has 25 heavy (non-hydrogen) atoms. The summed E-state index contributed by atoms with van der Waals surface area (Å²) >= 11 is 0. The van der Waals surface area contributed by atoms with E-state index in [1.54, 1.807) is 14.0 Å². The number of aryl methyl sites for hydroxylation is 3. The second-order valence-electron chi connectivity index (χ2n) is 6.09. The lowest BCUT2D eigenvalue weighted by Crippen LogP contribution is -2.18. The Labute approximate surface area is 146 Å². The van der Waals surface area contributed by atoms with E-state index in [1.165, 1.54) is 0 Å². The van der Waals surface area contributed by atoms with Crippen molar-refractivity contribution in [3.63, 3.8) is 0 Å². The van der Waals surface area contributed by atoms with Gasteiger partial charge in [0.2, 0.25) is 17.7 Å². The molecule has 0 aliphatic rings. The molecule has 7 nitrogen and oxygen atoms in total. The number of hydrogen-bond acceptors (Lipinski definition) is 7. The quantitative estimate of drug-likeness (QED) is 0.680. The van der Waals surface area contributed by atoms with Gasteiger partial charge in [0, 0.05) is 19.0 Å². The highest BCUT2D eigenvalue weighted by molar-refractivity contribution is 5.57. The van der Waals surface area contributed by atoms with E-state index in [0.717, 1.165) is 28.3 Å². The molecule has 0 unspecified atom stereocenters. The first-order valence-electron chi connectivity index (χ1n) is 8.05. The fourth-order valence-corrected chi connectivity index (χ4v) is 2.65. The molecule has 0 fully saturated rings. The van der Waals surface area contributed by atoms with Gasteiger partial charge in [-0.25, -0.2) is 4.98 Å². The maximum atomic E-state index is 5.85. The van der Waals surface area contributed by atoms with Crippen LogP contribution in [0.2, 0.25) is 0 Å². The molecule has 1 aromatic carbocycles. The molecule has 0 saturated heterocycles. The number of oxazole rings is 1. The number of methoxy groups -OCH3 is 1. The minimum Gasteiger partial charge on any atom is -0.496 e. The van der Waals surface area contributed by atoms with Gasteiger partial charge in [0.15, 0.2) is 0 Å². The van der Waals surface area contributed by atoms with E-state index >= 15 is 0 Å². The molecular weight excluding hydrogens is 320 g/mol. The first-order valence-corrected chi connectivity index (χ1v) is 8.05. The van der Waals surface area contributed by atoms with Crippen LogP contribution in [0.1, 0.15) is 28.8 Å². The summed E-state index contributed by atoms with van der Waals surface area (Å²) in [5.41, 5.74) is 2.87. The number of nitrogens with zero attached hydrogens (tertiary/aromatic N) is 4. The minimum atomic E-state index is 0.560. The van der Waals surface area contributed by atoms with Crippen molar-refractivity contribution in [2.45, 2.75) is 33.9 Å². The number of ether oxygens (including phenoxy) is 1. The van der Waals surface area contributed by atoms with Crippen LogP contribution in [0.25, 0.3) is 11.5 Å². The lowest BCUT2D eigenvalue weighted by molar-refractivity contribution is 0.275. The van der Waals surface area contributed by atoms with Gasteiger partial charge < -0.3 is 13.6 Å². The molecule has 0 radical (unpaired) electrons. The maximum Gasteiger partial charge on any atom is 0.230 e. The third-order valence-corrected chi connectivity index (χ3v) is 3.93. The number of aromatic nitrogens is 3. The van der Waals surface area contributed by atoms with Gasteiger partial charge in [0.05, 0.1) is 19.3 Å². The van der Waals surface area contributed by atoms with Gasteiger partial charge in [-0.2, -0.15) is 0 Å². The molecule has 0 bridgehead atoms. The van der Waals surface area contributed by atoms with E-state index in [9.17, 15) is 0 Å². The van der Waals surface area contributed by atoms with Gasteiger partial charge in [-0.3, -0.25) is 4.90 Å². The van der Waals surface area contributed by atoms with Gasteiger partial charge in [-0.15, -0.1) is 10.2 Å². The van der Waals surface area contributed by atoms with E-state index < -0.39 is 0 Å². The predicted molar refractivity (Wildman–Crippen MR) is 92.2 cm³/mol. The van der Waals surface area contributed by atoms with Crippen LogP contribution in [-0.2, 0) is 13.1 Å². The molecule has 3 aromatic rings. The van der Waals surface area contributed by atoms with Crippen molar-refractivity contribution >= 4 is 0 Å². The van der Waals surface area contributed by atoms with Crippen molar-refractivity contribution in [3.05, 3.63) is 47.0 Å². The Balaban J connectivity index is 1.74. The summed E-state index contributed by atoms with van der Waals surface area (Å²) in [5.74, 6) is 3.42. The predicted octanol–water partition coefficient (Wildman–Crippen LogP) is 3.29. The first kappa shape index (κ1) is 17.2. The summed E-state index contributed by atoms with van der Waals surface area (Å²) in [7, 11) is 3.64. The lowest BCUT2D eigenvalue weighted by Gasteiger charge is -2.12. The molecule has 0 aliphatic carbocycles. The average Bonchev–Trinajstić information content (AvgIpc) is 3.13. The zero-order valence-electron chi connectivity index (χ0n) is 15.2. The molecule has 0 atom stereocenters. The molecule has 2 heterocycles. The Morgan fingerprint density at radius 1 is 1.08 bits per heavy atom. The Hall–Kier alpha value is -2.67. The molecule has 0 spiro atoms. The largest absolute Gasteiger partial charge is 0.496 e. The Kier molecular flexibility index (Phi) is 4.85. The standard InChI is InChI=1S/C18H22N4O3/c1-11-8-14(6-7-16(11)23-5)18-19-15(12(2)24-18)9-22(4)10-17-21-20-13(3)25-17/h6-8H,9-10H2,1-5H3. The Morgan fingerprint density at radius 3 is 2.52 bits per heavy atom. The summed E-state index contributed by atoms with van der Waals surface area (Å²) in [6, 6.07) is 5.89. The van der Waals surface area contributed by atoms with E-state index in [4.69, 9.17) is 13.6 Å². The topological polar surface area (TPSA) is 77.4 Å². The fraction of sp³-hybridized carbons (Fsp3) is 0.389. The van der Waals surface area contributed by atoms with Gasteiger partial charge in [0.1, 0.15) is 11.5 Å². The smallest absolute Gasteiger partial charge is 0.230 e. The van der Waals surface area contributed by atoms with Crippen LogP contribution < -0.4 is 4.74 Å². The molecular formula is C18H22N4O3. The van der Waals surface area contributed by atoms with Crippen LogP contribution in [0.4, 0.5) is 0 Å². The number of hydrogen-bond donors (Lipinski definition) is 0. The van der Waals surface area contributed by atoms with E-state index in [-0.39, 0.29) is 0 Å². The monoisotopic (exact) mass is 342 g/mol. The first-order chi connectivity index (χ1) is 12.0. The number of rotatable bonds is 6. The normalized spacial score (nSPS) is 11.3. The summed E-state index contributed by atoms with van der Waals surface area (Å²) in [4.78, 5) is 6.70. The third kappa shape index (κ3) is 3.88. The van der Waals surface area contributed by atoms with E-state index in [0.29, 0.717) is 30.8 Å². The van der Waals surface area contributed by atoms with Crippen LogP contribution >= 0.6 is 0 Å². The molecule has 3 rings (SSSR count). The molecule has 2 aromatic heterocycles. The van der Waals surface area contributed by atoms with Crippen molar-refractivity contribution in [2.75, 3.05) is 14.2 Å². The summed E-state index contributed by atoms with van der Waals surface area (Å²) in [6.07, 6.45) is 0. The van der Waals surface area contributed by atoms with Crippen LogP contribution in [0.5, 0.6) is 5.75 Å². The van der Waals surface area contributed by atoms with Crippen molar-refractivity contribution < 1.29 is 13.6 Å². The zero-order chi connectivity index (χ0) is 18.0. The Bertz CT molecular complexity index is 869. The minimum absolute atomic E-state index is 0.560. The molecule has 132 valence electrons. The van der Waals surface area contributed by atoms with Crippen LogP contribution in [0, 0.1) is 20.8 Å². The molecule has 0 N–H and O–H groups in total. The van der Waals surface area contributed by atoms with E-state index in [2.05, 4.69) is 20.1 Å². The second-order valence-corrected chi connectivity index (χ2v) is 6.09.